The summed E-state index contributed by atoms with van der Waals surface area (Å²) in [5, 5.41) is 12.4. The van der Waals surface area contributed by atoms with Crippen LogP contribution in [-0.4, -0.2) is 20.0 Å². The van der Waals surface area contributed by atoms with Crippen LogP contribution in [0.25, 0.3) is 22.4 Å². The van der Waals surface area contributed by atoms with Crippen LogP contribution in [0, 0.1) is 0 Å². The van der Waals surface area contributed by atoms with Crippen molar-refractivity contribution in [3.8, 4) is 11.5 Å². The molecule has 2 aromatic carbocycles. The molecule has 0 amide bonds. The maximum absolute atomic E-state index is 12.5. The zero-order valence-corrected chi connectivity index (χ0v) is 12.4. The van der Waals surface area contributed by atoms with Crippen molar-refractivity contribution in [2.24, 2.45) is 0 Å². The predicted molar refractivity (Wildman–Crippen MR) is 83.5 cm³/mol. The number of halogens is 2. The van der Waals surface area contributed by atoms with Gasteiger partial charge >= 0.3 is 6.43 Å². The van der Waals surface area contributed by atoms with Crippen LogP contribution in [-0.2, 0) is 6.54 Å². The van der Waals surface area contributed by atoms with Gasteiger partial charge in [-0.3, -0.25) is 4.68 Å². The molecule has 7 heteroatoms. The van der Waals surface area contributed by atoms with E-state index >= 15 is 0 Å². The van der Waals surface area contributed by atoms with E-state index in [0.717, 1.165) is 16.5 Å². The standard InChI is InChI=1S/C17H12F2N4O/c18-15(19)17-22-21-16(24-17)12-7-5-11(6-8-12)10-23-14-4-2-1-3-13(14)9-20-23/h1-9,15H,10H2. The van der Waals surface area contributed by atoms with Gasteiger partial charge < -0.3 is 4.42 Å². The van der Waals surface area contributed by atoms with Gasteiger partial charge in [0.1, 0.15) is 0 Å². The maximum Gasteiger partial charge on any atom is 0.314 e. The van der Waals surface area contributed by atoms with Crippen molar-refractivity contribution in [1.82, 2.24) is 20.0 Å². The molecule has 0 aliphatic carbocycles. The van der Waals surface area contributed by atoms with Gasteiger partial charge in [-0.05, 0) is 23.8 Å². The van der Waals surface area contributed by atoms with Crippen LogP contribution in [0.2, 0.25) is 0 Å². The predicted octanol–water partition coefficient (Wildman–Crippen LogP) is 4.07. The number of nitrogens with zero attached hydrogens (tertiary/aromatic N) is 4. The average Bonchev–Trinajstić information content (AvgIpc) is 3.24. The number of hydrogen-bond acceptors (Lipinski definition) is 4. The molecule has 4 rings (SSSR count). The highest BCUT2D eigenvalue weighted by Gasteiger charge is 2.16. The number of fused-ring (bicyclic) bond motifs is 1. The summed E-state index contributed by atoms with van der Waals surface area (Å²) in [7, 11) is 0. The zero-order valence-electron chi connectivity index (χ0n) is 12.4. The minimum Gasteiger partial charge on any atom is -0.415 e. The highest BCUT2D eigenvalue weighted by Crippen LogP contribution is 2.23. The summed E-state index contributed by atoms with van der Waals surface area (Å²) in [4.78, 5) is 0. The minimum atomic E-state index is -2.77. The summed E-state index contributed by atoms with van der Waals surface area (Å²) >= 11 is 0. The van der Waals surface area contributed by atoms with Gasteiger partial charge in [0.2, 0.25) is 5.89 Å². The molecule has 120 valence electrons. The first-order chi connectivity index (χ1) is 11.7. The van der Waals surface area contributed by atoms with E-state index in [2.05, 4.69) is 15.3 Å². The fraction of sp³-hybridized carbons (Fsp3) is 0.118. The van der Waals surface area contributed by atoms with Crippen molar-refractivity contribution in [2.75, 3.05) is 0 Å². The van der Waals surface area contributed by atoms with E-state index in [9.17, 15) is 8.78 Å². The smallest absolute Gasteiger partial charge is 0.314 e. The monoisotopic (exact) mass is 326 g/mol. The normalized spacial score (nSPS) is 11.5. The fourth-order valence-corrected chi connectivity index (χ4v) is 2.52. The molecule has 2 aromatic heterocycles. The first-order valence-corrected chi connectivity index (χ1v) is 7.32. The Labute approximate surface area is 135 Å². The molecule has 0 N–H and O–H groups in total. The van der Waals surface area contributed by atoms with Gasteiger partial charge in [-0.15, -0.1) is 10.2 Å². The Bertz CT molecular complexity index is 976. The van der Waals surface area contributed by atoms with Crippen LogP contribution in [0.5, 0.6) is 0 Å². The summed E-state index contributed by atoms with van der Waals surface area (Å²) in [6.07, 6.45) is -0.938. The van der Waals surface area contributed by atoms with Gasteiger partial charge in [0.25, 0.3) is 5.89 Å². The Morgan fingerprint density at radius 3 is 2.54 bits per heavy atom. The van der Waals surface area contributed by atoms with E-state index in [-0.39, 0.29) is 5.89 Å². The van der Waals surface area contributed by atoms with Crippen molar-refractivity contribution < 1.29 is 13.2 Å². The van der Waals surface area contributed by atoms with Gasteiger partial charge in [-0.25, -0.2) is 0 Å². The molecule has 0 atom stereocenters. The average molecular weight is 326 g/mol. The number of benzene rings is 2. The molecule has 0 saturated heterocycles. The van der Waals surface area contributed by atoms with Crippen LogP contribution in [0.4, 0.5) is 8.78 Å². The lowest BCUT2D eigenvalue weighted by atomic mass is 10.1. The van der Waals surface area contributed by atoms with E-state index in [0.29, 0.717) is 12.1 Å². The van der Waals surface area contributed by atoms with E-state index in [1.165, 1.54) is 0 Å². The summed E-state index contributed by atoms with van der Waals surface area (Å²) < 4.78 is 31.8. The second kappa shape index (κ2) is 5.84. The summed E-state index contributed by atoms with van der Waals surface area (Å²) in [5.74, 6) is -0.585. The van der Waals surface area contributed by atoms with Gasteiger partial charge in [0.15, 0.2) is 0 Å². The molecule has 0 unspecified atom stereocenters. The number of hydrogen-bond donors (Lipinski definition) is 0. The topological polar surface area (TPSA) is 56.7 Å². The number of para-hydroxylation sites is 1. The molecule has 0 aliphatic heterocycles. The second-order valence-electron chi connectivity index (χ2n) is 5.30. The van der Waals surface area contributed by atoms with Gasteiger partial charge in [0, 0.05) is 10.9 Å². The van der Waals surface area contributed by atoms with Gasteiger partial charge in [0.05, 0.1) is 18.3 Å². The second-order valence-corrected chi connectivity index (χ2v) is 5.30. The third-order valence-corrected chi connectivity index (χ3v) is 3.71. The Balaban J connectivity index is 1.57. The van der Waals surface area contributed by atoms with E-state index in [4.69, 9.17) is 4.42 Å². The van der Waals surface area contributed by atoms with Crippen LogP contribution in [0.1, 0.15) is 17.9 Å². The molecular formula is C17H12F2N4O. The molecule has 0 aliphatic rings. The largest absolute Gasteiger partial charge is 0.415 e. The summed E-state index contributed by atoms with van der Waals surface area (Å²) in [5.41, 5.74) is 2.68. The molecule has 0 radical (unpaired) electrons. The number of alkyl halides is 2. The molecule has 0 bridgehead atoms. The molecule has 0 saturated carbocycles. The number of rotatable bonds is 4. The van der Waals surface area contributed by atoms with Crippen molar-refractivity contribution in [3.05, 3.63) is 66.2 Å². The molecule has 5 nitrogen and oxygen atoms in total. The van der Waals surface area contributed by atoms with Crippen LogP contribution >= 0.6 is 0 Å². The van der Waals surface area contributed by atoms with Crippen molar-refractivity contribution in [1.29, 1.82) is 0 Å². The quantitative estimate of drug-likeness (QED) is 0.567. The Kier molecular flexibility index (Phi) is 3.53. The molecule has 24 heavy (non-hydrogen) atoms. The van der Waals surface area contributed by atoms with E-state index < -0.39 is 12.3 Å². The minimum absolute atomic E-state index is 0.0846. The molecule has 4 aromatic rings. The lowest BCUT2D eigenvalue weighted by Gasteiger charge is -2.04. The highest BCUT2D eigenvalue weighted by molar-refractivity contribution is 5.78. The molecule has 0 spiro atoms. The van der Waals surface area contributed by atoms with Crippen molar-refractivity contribution in [2.45, 2.75) is 13.0 Å². The highest BCUT2D eigenvalue weighted by atomic mass is 19.3. The van der Waals surface area contributed by atoms with E-state index in [1.54, 1.807) is 12.1 Å². The zero-order chi connectivity index (χ0) is 16.5. The lowest BCUT2D eigenvalue weighted by Crippen LogP contribution is -2.01. The Hall–Kier alpha value is -3.09. The third kappa shape index (κ3) is 2.64. The first-order valence-electron chi connectivity index (χ1n) is 7.32. The maximum atomic E-state index is 12.5. The first kappa shape index (κ1) is 14.5. The molecular weight excluding hydrogens is 314 g/mol. The lowest BCUT2D eigenvalue weighted by molar-refractivity contribution is 0.116. The Morgan fingerprint density at radius 1 is 1.00 bits per heavy atom. The van der Waals surface area contributed by atoms with Gasteiger partial charge in [-0.2, -0.15) is 13.9 Å². The third-order valence-electron chi connectivity index (χ3n) is 3.71. The SMILES string of the molecule is FC(F)c1nnc(-c2ccc(Cn3ncc4ccccc43)cc2)o1. The molecule has 2 heterocycles. The van der Waals surface area contributed by atoms with Crippen LogP contribution in [0.15, 0.2) is 59.1 Å². The molecule has 0 fully saturated rings. The Morgan fingerprint density at radius 2 is 1.79 bits per heavy atom. The van der Waals surface area contributed by atoms with Crippen LogP contribution < -0.4 is 0 Å². The number of aromatic nitrogens is 4. The fourth-order valence-electron chi connectivity index (χ4n) is 2.52. The van der Waals surface area contributed by atoms with Crippen molar-refractivity contribution >= 4 is 10.9 Å². The van der Waals surface area contributed by atoms with Gasteiger partial charge in [-0.1, -0.05) is 30.3 Å². The van der Waals surface area contributed by atoms with Crippen LogP contribution in [0.3, 0.4) is 0 Å². The van der Waals surface area contributed by atoms with E-state index in [1.807, 2.05) is 47.3 Å². The summed E-state index contributed by atoms with van der Waals surface area (Å²) in [6.45, 7) is 0.611. The summed E-state index contributed by atoms with van der Waals surface area (Å²) in [6, 6.07) is 15.3. The van der Waals surface area contributed by atoms with Crippen molar-refractivity contribution in [3.63, 3.8) is 0 Å².